The summed E-state index contributed by atoms with van der Waals surface area (Å²) in [5.41, 5.74) is 9.00. The lowest BCUT2D eigenvalue weighted by molar-refractivity contribution is 1.16. The van der Waals surface area contributed by atoms with Crippen molar-refractivity contribution in [3.63, 3.8) is 0 Å². The molecule has 0 saturated heterocycles. The average molecular weight is 714 g/mol. The Kier molecular flexibility index (Phi) is 7.49. The molecule has 10 rings (SSSR count). The molecule has 0 aliphatic heterocycles. The van der Waals surface area contributed by atoms with E-state index in [1.165, 1.54) is 0 Å². The van der Waals surface area contributed by atoms with Crippen LogP contribution >= 0.6 is 0 Å². The molecule has 7 aromatic carbocycles. The molecule has 0 N–H and O–H groups in total. The largest absolute Gasteiger partial charge is 0.317 e. The highest BCUT2D eigenvalue weighted by atomic mass is 15.0. The Morgan fingerprint density at radius 3 is 1.77 bits per heavy atom. The monoisotopic (exact) mass is 713 g/mol. The second-order valence-electron chi connectivity index (χ2n) is 13.5. The molecule has 0 amide bonds. The van der Waals surface area contributed by atoms with Gasteiger partial charge in [0.25, 0.3) is 0 Å². The van der Waals surface area contributed by atoms with Gasteiger partial charge in [-0.25, -0.2) is 14.8 Å². The Labute approximate surface area is 321 Å². The molecule has 0 atom stereocenters. The highest BCUT2D eigenvalue weighted by Gasteiger charge is 2.26. The highest BCUT2D eigenvalue weighted by molar-refractivity contribution is 6.26. The summed E-state index contributed by atoms with van der Waals surface area (Å²) >= 11 is 0. The fourth-order valence-electron chi connectivity index (χ4n) is 8.05. The average Bonchev–Trinajstić information content (AvgIpc) is 3.79. The molecule has 0 saturated carbocycles. The Morgan fingerprint density at radius 1 is 0.518 bits per heavy atom. The third-order valence-corrected chi connectivity index (χ3v) is 10.4. The first kappa shape index (κ1) is 32.3. The highest BCUT2D eigenvalue weighted by Crippen LogP contribution is 2.45. The van der Waals surface area contributed by atoms with Crippen molar-refractivity contribution in [2.45, 2.75) is 0 Å². The quantitative estimate of drug-likeness (QED) is 0.166. The van der Waals surface area contributed by atoms with Gasteiger partial charge in [0.15, 0.2) is 5.82 Å². The van der Waals surface area contributed by atoms with Crippen molar-refractivity contribution in [2.75, 3.05) is 0 Å². The maximum absolute atomic E-state index is 11.0. The van der Waals surface area contributed by atoms with Crippen LogP contribution in [-0.2, 0) is 0 Å². The van der Waals surface area contributed by atoms with Crippen molar-refractivity contribution in [3.05, 3.63) is 186 Å². The molecule has 0 unspecified atom stereocenters. The van der Waals surface area contributed by atoms with Gasteiger partial charge in [-0.1, -0.05) is 121 Å². The lowest BCUT2D eigenvalue weighted by atomic mass is 9.97. The number of hydrogen-bond acceptors (Lipinski definition) is 4. The predicted molar refractivity (Wildman–Crippen MR) is 223 cm³/mol. The van der Waals surface area contributed by atoms with Crippen LogP contribution in [0.4, 0.5) is 5.69 Å². The van der Waals surface area contributed by atoms with E-state index in [4.69, 9.17) is 16.5 Å². The smallest absolute Gasteiger partial charge is 0.212 e. The number of rotatable bonds is 5. The molecular weight excluding hydrogens is 687 g/mol. The van der Waals surface area contributed by atoms with Crippen LogP contribution in [0.25, 0.3) is 93.7 Å². The van der Waals surface area contributed by atoms with Crippen LogP contribution in [0.15, 0.2) is 164 Å². The van der Waals surface area contributed by atoms with Crippen molar-refractivity contribution in [3.8, 4) is 57.4 Å². The number of fused-ring (bicyclic) bond motifs is 7. The Hall–Kier alpha value is -8.31. The van der Waals surface area contributed by atoms with Gasteiger partial charge >= 0.3 is 0 Å². The Bertz CT molecular complexity index is 3290. The van der Waals surface area contributed by atoms with Crippen LogP contribution in [0.5, 0.6) is 0 Å². The lowest BCUT2D eigenvalue weighted by Crippen LogP contribution is -2.03. The molecule has 7 heteroatoms. The van der Waals surface area contributed by atoms with Gasteiger partial charge in [0.2, 0.25) is 5.69 Å². The summed E-state index contributed by atoms with van der Waals surface area (Å²) in [7, 11) is 0. The molecule has 258 valence electrons. The summed E-state index contributed by atoms with van der Waals surface area (Å²) in [6.07, 6.45) is 0. The minimum Gasteiger partial charge on any atom is -0.317 e. The summed E-state index contributed by atoms with van der Waals surface area (Å²) in [5, 5.41) is 25.8. The molecule has 0 bridgehead atoms. The van der Waals surface area contributed by atoms with Crippen molar-refractivity contribution in [2.24, 2.45) is 0 Å². The van der Waals surface area contributed by atoms with E-state index in [9.17, 15) is 10.5 Å². The molecule has 0 aliphatic rings. The van der Waals surface area contributed by atoms with Crippen molar-refractivity contribution in [1.29, 1.82) is 10.5 Å². The second kappa shape index (κ2) is 13.0. The third-order valence-electron chi connectivity index (χ3n) is 10.4. The lowest BCUT2D eigenvalue weighted by Gasteiger charge is -2.16. The predicted octanol–water partition coefficient (Wildman–Crippen LogP) is 12.0. The molecule has 0 aliphatic carbocycles. The van der Waals surface area contributed by atoms with E-state index in [1.54, 1.807) is 12.1 Å². The maximum atomic E-state index is 11.0. The maximum Gasteiger partial charge on any atom is 0.212 e. The molecule has 10 aromatic rings. The topological polar surface area (TPSA) is 87.6 Å². The fourth-order valence-corrected chi connectivity index (χ4v) is 8.05. The van der Waals surface area contributed by atoms with Gasteiger partial charge in [0, 0.05) is 38.4 Å². The third kappa shape index (κ3) is 4.88. The standard InChI is InChI=1S/C49H27N7/c1-52-40-28-33(46-39(30-51)45(31-15-5-2-6-16-31)53-49(54-46)32-17-7-3-8-18-32)27-34(29-50)47(40)56-41-23-13-11-21-36(41)37-25-26-43-44(48(37)56)38-22-12-14-24-42(38)55(43)35-19-9-4-10-20-35/h2-28H. The zero-order chi connectivity index (χ0) is 37.8. The van der Waals surface area contributed by atoms with E-state index in [0.29, 0.717) is 28.5 Å². The second-order valence-corrected chi connectivity index (χ2v) is 13.5. The molecule has 0 radical (unpaired) electrons. The zero-order valence-corrected chi connectivity index (χ0v) is 29.7. The van der Waals surface area contributed by atoms with Crippen LogP contribution in [0, 0.1) is 29.2 Å². The van der Waals surface area contributed by atoms with Crippen molar-refractivity contribution >= 4 is 49.3 Å². The first-order valence-electron chi connectivity index (χ1n) is 18.1. The van der Waals surface area contributed by atoms with Gasteiger partial charge < -0.3 is 9.13 Å². The van der Waals surface area contributed by atoms with Crippen molar-refractivity contribution < 1.29 is 0 Å². The van der Waals surface area contributed by atoms with E-state index in [-0.39, 0.29) is 16.8 Å². The molecule has 3 aromatic heterocycles. The van der Waals surface area contributed by atoms with Crippen LogP contribution in [0.3, 0.4) is 0 Å². The van der Waals surface area contributed by atoms with Crippen molar-refractivity contribution in [1.82, 2.24) is 19.1 Å². The summed E-state index contributed by atoms with van der Waals surface area (Å²) < 4.78 is 4.35. The molecule has 56 heavy (non-hydrogen) atoms. The van der Waals surface area contributed by atoms with Gasteiger partial charge in [0.1, 0.15) is 11.6 Å². The summed E-state index contributed by atoms with van der Waals surface area (Å²) in [6.45, 7) is 8.60. The summed E-state index contributed by atoms with van der Waals surface area (Å²) in [4.78, 5) is 14.0. The SMILES string of the molecule is [C-]#[N+]c1cc(-c2nc(-c3ccccc3)nc(-c3ccccc3)c2C#N)cc(C#N)c1-n1c2ccccc2c2ccc3c(c4ccccc4n3-c3ccccc3)c21. The number of aromatic nitrogens is 4. The summed E-state index contributed by atoms with van der Waals surface area (Å²) in [6, 6.07) is 58.5. The number of hydrogen-bond donors (Lipinski definition) is 0. The molecule has 7 nitrogen and oxygen atoms in total. The van der Waals surface area contributed by atoms with Gasteiger partial charge in [-0.15, -0.1) is 0 Å². The fraction of sp³-hybridized carbons (Fsp3) is 0. The Balaban J connectivity index is 1.31. The van der Waals surface area contributed by atoms with Crippen LogP contribution in [-0.4, -0.2) is 19.1 Å². The van der Waals surface area contributed by atoms with E-state index < -0.39 is 0 Å². The number of para-hydroxylation sites is 3. The minimum absolute atomic E-state index is 0.260. The van der Waals surface area contributed by atoms with Crippen LogP contribution < -0.4 is 0 Å². The van der Waals surface area contributed by atoms with E-state index >= 15 is 0 Å². The van der Waals surface area contributed by atoms with E-state index in [2.05, 4.69) is 68.6 Å². The molecular formula is C49H27N7. The molecule has 3 heterocycles. The zero-order valence-electron chi connectivity index (χ0n) is 29.7. The first-order valence-corrected chi connectivity index (χ1v) is 18.1. The number of benzene rings is 7. The van der Waals surface area contributed by atoms with Gasteiger partial charge in [0.05, 0.1) is 57.3 Å². The normalized spacial score (nSPS) is 11.2. The Morgan fingerprint density at radius 2 is 1.11 bits per heavy atom. The van der Waals surface area contributed by atoms with E-state index in [1.807, 2.05) is 109 Å². The van der Waals surface area contributed by atoms with Crippen LogP contribution in [0.2, 0.25) is 0 Å². The molecule has 0 fully saturated rings. The first-order chi connectivity index (χ1) is 27.7. The van der Waals surface area contributed by atoms with Gasteiger partial charge in [-0.3, -0.25) is 0 Å². The van der Waals surface area contributed by atoms with Gasteiger partial charge in [-0.2, -0.15) is 10.5 Å². The number of nitrogens with zero attached hydrogens (tertiary/aromatic N) is 7. The van der Waals surface area contributed by atoms with E-state index in [0.717, 1.165) is 60.4 Å². The summed E-state index contributed by atoms with van der Waals surface area (Å²) in [5.74, 6) is 0.435. The molecule has 0 spiro atoms. The van der Waals surface area contributed by atoms with Crippen LogP contribution in [0.1, 0.15) is 11.1 Å². The van der Waals surface area contributed by atoms with Gasteiger partial charge in [-0.05, 0) is 48.0 Å². The number of nitriles is 2. The minimum atomic E-state index is 0.260.